The number of nitrogens with one attached hydrogen (secondary N) is 1. The fourth-order valence-corrected chi connectivity index (χ4v) is 3.19. The molecule has 0 saturated carbocycles. The van der Waals surface area contributed by atoms with Crippen molar-refractivity contribution in [2.75, 3.05) is 19.5 Å². The van der Waals surface area contributed by atoms with E-state index in [1.165, 1.54) is 27.4 Å². The van der Waals surface area contributed by atoms with Gasteiger partial charge in [-0.05, 0) is 43.3 Å². The minimum absolute atomic E-state index is 0.103. The fraction of sp³-hybridized carbons (Fsp3) is 0.167. The number of methoxy groups -OCH3 is 2. The quantitative estimate of drug-likeness (QED) is 0.457. The number of hydrogen-bond acceptors (Lipinski definition) is 7. The van der Waals surface area contributed by atoms with Gasteiger partial charge in [0.05, 0.1) is 25.9 Å². The molecule has 0 aliphatic rings. The highest BCUT2D eigenvalue weighted by molar-refractivity contribution is 5.94. The lowest BCUT2D eigenvalue weighted by atomic mass is 10.2. The van der Waals surface area contributed by atoms with Crippen molar-refractivity contribution in [2.24, 2.45) is 0 Å². The van der Waals surface area contributed by atoms with Crippen LogP contribution in [0.5, 0.6) is 17.2 Å². The smallest absolute Gasteiger partial charge is 0.265 e. The molecule has 4 aromatic rings. The normalized spacial score (nSPS) is 11.7. The minimum Gasteiger partial charge on any atom is -0.493 e. The van der Waals surface area contributed by atoms with Gasteiger partial charge in [0.25, 0.3) is 5.91 Å². The number of benzene rings is 2. The molecular weight excluding hydrogens is 414 g/mol. The van der Waals surface area contributed by atoms with E-state index < -0.39 is 17.4 Å². The topological polar surface area (TPSA) is 100 Å². The maximum absolute atomic E-state index is 13.1. The molecule has 1 atom stereocenters. The highest BCUT2D eigenvalue weighted by atomic mass is 16.5. The average Bonchev–Trinajstić information content (AvgIpc) is 3.35. The molecule has 8 heteroatoms. The third kappa shape index (κ3) is 4.02. The predicted molar refractivity (Wildman–Crippen MR) is 118 cm³/mol. The zero-order chi connectivity index (χ0) is 22.7. The third-order valence-corrected chi connectivity index (χ3v) is 4.82. The second kappa shape index (κ2) is 8.89. The Hall–Kier alpha value is -4.20. The minimum atomic E-state index is -1.01. The van der Waals surface area contributed by atoms with Crippen LogP contribution in [0, 0.1) is 0 Å². The number of amides is 1. The van der Waals surface area contributed by atoms with E-state index in [0.29, 0.717) is 33.9 Å². The van der Waals surface area contributed by atoms with Crippen molar-refractivity contribution in [2.45, 2.75) is 13.0 Å². The van der Waals surface area contributed by atoms with E-state index in [-0.39, 0.29) is 11.5 Å². The van der Waals surface area contributed by atoms with Gasteiger partial charge in [0.1, 0.15) is 5.58 Å². The third-order valence-electron chi connectivity index (χ3n) is 4.82. The van der Waals surface area contributed by atoms with E-state index in [1.54, 1.807) is 54.6 Å². The number of carbonyl (C=O) groups is 1. The molecule has 2 heterocycles. The number of carbonyl (C=O) groups excluding carboxylic acids is 1. The van der Waals surface area contributed by atoms with Crippen molar-refractivity contribution >= 4 is 22.6 Å². The molecule has 0 aliphatic carbocycles. The van der Waals surface area contributed by atoms with E-state index in [9.17, 15) is 9.59 Å². The summed E-state index contributed by atoms with van der Waals surface area (Å²) in [4.78, 5) is 25.9. The van der Waals surface area contributed by atoms with Crippen LogP contribution < -0.4 is 25.0 Å². The lowest BCUT2D eigenvalue weighted by Gasteiger charge is -2.17. The van der Waals surface area contributed by atoms with Gasteiger partial charge in [-0.1, -0.05) is 12.1 Å². The van der Waals surface area contributed by atoms with Gasteiger partial charge in [0.2, 0.25) is 16.9 Å². The summed E-state index contributed by atoms with van der Waals surface area (Å²) in [6, 6.07) is 15.1. The molecule has 164 valence electrons. The molecule has 1 N–H and O–H groups in total. The largest absolute Gasteiger partial charge is 0.493 e. The Morgan fingerprint density at radius 3 is 2.50 bits per heavy atom. The Labute approximate surface area is 183 Å². The first-order valence-electron chi connectivity index (χ1n) is 9.81. The SMILES string of the molecule is COc1ccc(NC(=O)C(C)Oc2c(-c3ccco3)oc3ccccc3c2=O)cc1OC. The van der Waals surface area contributed by atoms with Gasteiger partial charge >= 0.3 is 0 Å². The van der Waals surface area contributed by atoms with Gasteiger partial charge in [-0.25, -0.2) is 0 Å². The highest BCUT2D eigenvalue weighted by Gasteiger charge is 2.24. The highest BCUT2D eigenvalue weighted by Crippen LogP contribution is 2.32. The average molecular weight is 435 g/mol. The molecule has 32 heavy (non-hydrogen) atoms. The van der Waals surface area contributed by atoms with Crippen LogP contribution in [0.4, 0.5) is 5.69 Å². The van der Waals surface area contributed by atoms with E-state index >= 15 is 0 Å². The van der Waals surface area contributed by atoms with Crippen LogP contribution >= 0.6 is 0 Å². The fourth-order valence-electron chi connectivity index (χ4n) is 3.19. The zero-order valence-corrected chi connectivity index (χ0v) is 17.7. The molecule has 8 nitrogen and oxygen atoms in total. The molecule has 2 aromatic heterocycles. The summed E-state index contributed by atoms with van der Waals surface area (Å²) in [6.45, 7) is 1.54. The molecular formula is C24H21NO7. The predicted octanol–water partition coefficient (Wildman–Crippen LogP) is 4.48. The Morgan fingerprint density at radius 1 is 1.00 bits per heavy atom. The first-order chi connectivity index (χ1) is 15.5. The molecule has 0 fully saturated rings. The van der Waals surface area contributed by atoms with Crippen molar-refractivity contribution in [1.82, 2.24) is 0 Å². The van der Waals surface area contributed by atoms with Crippen LogP contribution in [0.15, 0.2) is 74.5 Å². The van der Waals surface area contributed by atoms with Crippen LogP contribution in [-0.4, -0.2) is 26.2 Å². The lowest BCUT2D eigenvalue weighted by Crippen LogP contribution is -2.31. The Balaban J connectivity index is 1.64. The van der Waals surface area contributed by atoms with Gasteiger partial charge in [0, 0.05) is 11.8 Å². The van der Waals surface area contributed by atoms with Gasteiger partial charge in [0.15, 0.2) is 23.4 Å². The number of hydrogen-bond donors (Lipinski definition) is 1. The molecule has 0 aliphatic heterocycles. The lowest BCUT2D eigenvalue weighted by molar-refractivity contribution is -0.122. The number of para-hydroxylation sites is 1. The number of furan rings is 1. The summed E-state index contributed by atoms with van der Waals surface area (Å²) in [5.74, 6) is 0.865. The molecule has 0 radical (unpaired) electrons. The van der Waals surface area contributed by atoms with Gasteiger partial charge < -0.3 is 28.4 Å². The second-order valence-corrected chi connectivity index (χ2v) is 6.88. The van der Waals surface area contributed by atoms with Gasteiger partial charge in [-0.15, -0.1) is 0 Å². The van der Waals surface area contributed by atoms with Gasteiger partial charge in [-0.3, -0.25) is 9.59 Å². The van der Waals surface area contributed by atoms with Crippen molar-refractivity contribution in [3.63, 3.8) is 0 Å². The van der Waals surface area contributed by atoms with Crippen LogP contribution in [0.2, 0.25) is 0 Å². The van der Waals surface area contributed by atoms with Crippen molar-refractivity contribution in [3.8, 4) is 28.8 Å². The molecule has 0 saturated heterocycles. The first kappa shape index (κ1) is 21.0. The molecule has 1 unspecified atom stereocenters. The maximum atomic E-state index is 13.1. The Bertz CT molecular complexity index is 1310. The maximum Gasteiger partial charge on any atom is 0.265 e. The summed E-state index contributed by atoms with van der Waals surface area (Å²) >= 11 is 0. The Kier molecular flexibility index (Phi) is 5.85. The molecule has 0 bridgehead atoms. The molecule has 4 rings (SSSR count). The summed E-state index contributed by atoms with van der Waals surface area (Å²) in [5, 5.41) is 3.08. The summed E-state index contributed by atoms with van der Waals surface area (Å²) in [6.07, 6.45) is 0.447. The molecule has 0 spiro atoms. The molecule has 1 amide bonds. The van der Waals surface area contributed by atoms with Crippen molar-refractivity contribution < 1.29 is 27.8 Å². The number of ether oxygens (including phenoxy) is 3. The molecule has 2 aromatic carbocycles. The van der Waals surface area contributed by atoms with E-state index in [4.69, 9.17) is 23.0 Å². The Morgan fingerprint density at radius 2 is 1.78 bits per heavy atom. The van der Waals surface area contributed by atoms with Crippen molar-refractivity contribution in [3.05, 3.63) is 71.1 Å². The standard InChI is InChI=1S/C24H21NO7/c1-14(24(27)25-15-10-11-18(28-2)20(13-15)29-3)31-23-21(26)16-7-4-5-8-17(16)32-22(23)19-9-6-12-30-19/h4-14H,1-3H3,(H,25,27). The number of anilines is 1. The summed E-state index contributed by atoms with van der Waals surface area (Å²) in [7, 11) is 3.03. The van der Waals surface area contributed by atoms with E-state index in [1.807, 2.05) is 0 Å². The van der Waals surface area contributed by atoms with E-state index in [0.717, 1.165) is 0 Å². The van der Waals surface area contributed by atoms with Crippen LogP contribution in [0.3, 0.4) is 0 Å². The number of rotatable bonds is 7. The monoisotopic (exact) mass is 435 g/mol. The van der Waals surface area contributed by atoms with E-state index in [2.05, 4.69) is 5.32 Å². The summed E-state index contributed by atoms with van der Waals surface area (Å²) < 4.78 is 27.6. The zero-order valence-electron chi connectivity index (χ0n) is 17.7. The van der Waals surface area contributed by atoms with Crippen LogP contribution in [0.1, 0.15) is 6.92 Å². The van der Waals surface area contributed by atoms with Crippen LogP contribution in [-0.2, 0) is 4.79 Å². The second-order valence-electron chi connectivity index (χ2n) is 6.88. The van der Waals surface area contributed by atoms with Gasteiger partial charge in [-0.2, -0.15) is 0 Å². The van der Waals surface area contributed by atoms with Crippen molar-refractivity contribution in [1.29, 1.82) is 0 Å². The first-order valence-corrected chi connectivity index (χ1v) is 9.81. The summed E-state index contributed by atoms with van der Waals surface area (Å²) in [5.41, 5.74) is 0.475. The van der Waals surface area contributed by atoms with Crippen LogP contribution in [0.25, 0.3) is 22.5 Å². The number of fused-ring (bicyclic) bond motifs is 1.